The quantitative estimate of drug-likeness (QED) is 0.0665. The number of fused-ring (bicyclic) bond motifs is 3. The molecule has 0 saturated carbocycles. The van der Waals surface area contributed by atoms with Gasteiger partial charge >= 0.3 is 39.0 Å². The molecule has 0 saturated heterocycles. The minimum Gasteiger partial charge on any atom is -0.309 e. The zero-order chi connectivity index (χ0) is 98.3. The van der Waals surface area contributed by atoms with Gasteiger partial charge in [0.05, 0.1) is 34.8 Å². The number of para-hydroxylation sites is 6. The molecule has 0 spiro atoms. The third kappa shape index (κ3) is 23.9. The van der Waals surface area contributed by atoms with Crippen molar-refractivity contribution in [1.29, 1.82) is 0 Å². The predicted molar refractivity (Wildman–Crippen MR) is 594 cm³/mol. The minimum absolute atomic E-state index is 0. The minimum atomic E-state index is 0. The van der Waals surface area contributed by atoms with E-state index >= 15 is 0 Å². The first-order valence-electron chi connectivity index (χ1n) is 48.3. The summed E-state index contributed by atoms with van der Waals surface area (Å²) in [5, 5.41) is 20.8. The Labute approximate surface area is 885 Å². The zero-order valence-electron chi connectivity index (χ0n) is 81.3. The van der Waals surface area contributed by atoms with Crippen molar-refractivity contribution in [1.82, 2.24) is 53.7 Å². The summed E-state index contributed by atoms with van der Waals surface area (Å²) in [4.78, 5) is 8.88. The molecule has 13 heteroatoms. The van der Waals surface area contributed by atoms with Crippen molar-refractivity contribution in [2.24, 2.45) is 0 Å². The molecule has 0 amide bonds. The van der Waals surface area contributed by atoms with Gasteiger partial charge in [0.25, 0.3) is 0 Å². The molecule has 0 N–H and O–H groups in total. The van der Waals surface area contributed by atoms with Crippen molar-refractivity contribution in [3.8, 4) is 162 Å². The number of aryl methyl sites for hydroxylation is 2. The normalized spacial score (nSPS) is 10.6. The van der Waals surface area contributed by atoms with Crippen LogP contribution in [-0.2, 0) is 39.0 Å². The molecule has 147 heavy (non-hydrogen) atoms. The van der Waals surface area contributed by atoms with Crippen LogP contribution >= 0.6 is 0 Å². The van der Waals surface area contributed by atoms with E-state index in [1.165, 1.54) is 111 Å². The summed E-state index contributed by atoms with van der Waals surface area (Å²) in [7, 11) is 0. The molecule has 0 atom stereocenters. The Morgan fingerprint density at radius 2 is 0.551 bits per heavy atom. The monoisotopic (exact) mass is 2070 g/mol. The molecular formula is C134H99N11Rh2. The van der Waals surface area contributed by atoms with E-state index in [-0.39, 0.29) is 39.0 Å². The van der Waals surface area contributed by atoms with Crippen LogP contribution in [0.2, 0.25) is 0 Å². The van der Waals surface area contributed by atoms with Gasteiger partial charge in [-0.05, 0) is 182 Å². The molecule has 25 rings (SSSR count). The number of nitrogens with zero attached hydrogens (tertiary/aromatic N) is 11. The Bertz CT molecular complexity index is 8090. The second-order valence-electron chi connectivity index (χ2n) is 34.7. The fourth-order valence-corrected chi connectivity index (χ4v) is 18.0. The molecule has 7 aromatic heterocycles. The maximum Gasteiger partial charge on any atom is 3.00 e. The van der Waals surface area contributed by atoms with Crippen molar-refractivity contribution in [2.45, 2.75) is 27.7 Å². The maximum atomic E-state index is 4.72. The first-order chi connectivity index (χ1) is 71.6. The van der Waals surface area contributed by atoms with E-state index in [1.807, 2.05) is 250 Å². The summed E-state index contributed by atoms with van der Waals surface area (Å²) in [6.07, 6.45) is 11.5. The fraction of sp³-hybridized carbons (Fsp3) is 0.0299. The third-order valence-corrected chi connectivity index (χ3v) is 25.3. The topological polar surface area (TPSA) is 102 Å². The van der Waals surface area contributed by atoms with Gasteiger partial charge in [-0.3, -0.25) is 18.7 Å². The van der Waals surface area contributed by atoms with Crippen molar-refractivity contribution in [3.05, 3.63) is 588 Å². The van der Waals surface area contributed by atoms with Gasteiger partial charge in [0.1, 0.15) is 0 Å². The third-order valence-electron chi connectivity index (χ3n) is 25.3. The van der Waals surface area contributed by atoms with E-state index in [0.29, 0.717) is 0 Å². The molecule has 0 bridgehead atoms. The summed E-state index contributed by atoms with van der Waals surface area (Å²) in [5.41, 5.74) is 39.5. The van der Waals surface area contributed by atoms with Crippen LogP contribution < -0.4 is 0 Å². The van der Waals surface area contributed by atoms with E-state index in [0.717, 1.165) is 95.9 Å². The van der Waals surface area contributed by atoms with Crippen LogP contribution in [0.5, 0.6) is 0 Å². The average molecular weight is 2070 g/mol. The van der Waals surface area contributed by atoms with Crippen LogP contribution in [0.3, 0.4) is 0 Å². The molecule has 25 aromatic rings. The predicted octanol–water partition coefficient (Wildman–Crippen LogP) is 32.8. The summed E-state index contributed by atoms with van der Waals surface area (Å²) < 4.78 is 9.98. The van der Waals surface area contributed by atoms with Gasteiger partial charge in [0.2, 0.25) is 0 Å². The zero-order valence-corrected chi connectivity index (χ0v) is 84.6. The molecule has 0 aliphatic carbocycles. The Balaban J connectivity index is 0.000000116. The molecule has 0 unspecified atom stereocenters. The van der Waals surface area contributed by atoms with E-state index < -0.39 is 0 Å². The first-order valence-corrected chi connectivity index (χ1v) is 48.3. The summed E-state index contributed by atoms with van der Waals surface area (Å²) in [6, 6.07) is 188. The molecule has 11 nitrogen and oxygen atoms in total. The van der Waals surface area contributed by atoms with Gasteiger partial charge in [-0.1, -0.05) is 315 Å². The Kier molecular flexibility index (Phi) is 32.6. The van der Waals surface area contributed by atoms with Crippen LogP contribution in [0.25, 0.3) is 184 Å². The van der Waals surface area contributed by atoms with Crippen LogP contribution in [0, 0.1) is 64.1 Å². The van der Waals surface area contributed by atoms with Gasteiger partial charge in [0, 0.05) is 74.9 Å². The van der Waals surface area contributed by atoms with Gasteiger partial charge in [-0.15, -0.1) is 95.6 Å². The van der Waals surface area contributed by atoms with Crippen LogP contribution in [-0.4, -0.2) is 53.7 Å². The van der Waals surface area contributed by atoms with Gasteiger partial charge in [0.15, 0.2) is 0 Å². The number of hydrogen-bond donors (Lipinski definition) is 0. The second-order valence-corrected chi connectivity index (χ2v) is 34.7. The van der Waals surface area contributed by atoms with Crippen molar-refractivity contribution < 1.29 is 39.0 Å². The summed E-state index contributed by atoms with van der Waals surface area (Å²) >= 11 is 0. The van der Waals surface area contributed by atoms with Gasteiger partial charge < -0.3 is 14.5 Å². The van der Waals surface area contributed by atoms with Gasteiger partial charge in [-0.2, -0.15) is 117 Å². The molecule has 0 fully saturated rings. The fourth-order valence-electron chi connectivity index (χ4n) is 18.0. The van der Waals surface area contributed by atoms with E-state index in [4.69, 9.17) is 10.2 Å². The van der Waals surface area contributed by atoms with Gasteiger partial charge in [-0.25, -0.2) is 0 Å². The number of hydrogen-bond acceptors (Lipinski definition) is 6. The molecule has 18 aromatic carbocycles. The number of aromatic nitrogens is 11. The number of pyridine rings is 2. The van der Waals surface area contributed by atoms with Crippen LogP contribution in [0.15, 0.2) is 529 Å². The molecule has 0 aliphatic heterocycles. The number of benzene rings is 18. The SMILES string of the molecule is Cc1nn(-c2[c-]cccc2)c(C)c1-c1ccc(-c2ccccc2)cc1.Cc1nn(-c2[c-]cccc2)c(C)c1-c1ccc(-c2ccccc2)cc1.[Rh+3].[Rh+3].[c-]1ccc(-c2ccc3c4ccccc4n(-c4ccccc4)c3c2)cc1-c1ccccn1.[c-]1ccccc1-c1cc(-c2ccccc2)ccn1.[c-]1ccccc1-n1cc(-c2ccc(-c3ccccc3)cc2)cn1.[c-]1ccccc1-n1cc(-c2ccc(-c3ccccc3)cc2)cn1. The van der Waals surface area contributed by atoms with Crippen LogP contribution in [0.1, 0.15) is 22.8 Å². The molecule has 0 radical (unpaired) electrons. The molecule has 0 aliphatic rings. The van der Waals surface area contributed by atoms with E-state index in [9.17, 15) is 0 Å². The smallest absolute Gasteiger partial charge is 0.309 e. The summed E-state index contributed by atoms with van der Waals surface area (Å²) in [6.45, 7) is 8.35. The largest absolute Gasteiger partial charge is 3.00 e. The molecule has 7 heterocycles. The maximum absolute atomic E-state index is 4.72. The van der Waals surface area contributed by atoms with Crippen molar-refractivity contribution >= 4 is 21.8 Å². The summed E-state index contributed by atoms with van der Waals surface area (Å²) in [5.74, 6) is 0. The molecular weight excluding hydrogens is 1970 g/mol. The van der Waals surface area contributed by atoms with Crippen LogP contribution in [0.4, 0.5) is 0 Å². The Morgan fingerprint density at radius 3 is 0.966 bits per heavy atom. The Hall–Kier alpha value is -17.9. The van der Waals surface area contributed by atoms with E-state index in [1.54, 1.807) is 0 Å². The second kappa shape index (κ2) is 48.3. The van der Waals surface area contributed by atoms with Crippen molar-refractivity contribution in [2.75, 3.05) is 0 Å². The van der Waals surface area contributed by atoms with Crippen molar-refractivity contribution in [3.63, 3.8) is 0 Å². The standard InChI is InChI=1S/C29H19N2.2C23H19N2.2C21H15N2.C17H12N.2Rh/c1-2-11-24(12-3-1)31-28-15-5-4-13-25(28)26-17-16-22(20-29(26)31)21-9-8-10-23(19-21)27-14-6-7-18-30-27;2*1-17-23(18(2)25(24-17)22-11-7-4-8-12-22)21-15-13-20(14-16-21)19-9-5-3-6-10-19;2*1-3-7-17(8-4-1)18-11-13-19(14-12-18)20-15-22-23(16-20)21-9-5-2-6-10-21;1-3-7-14(8-4-1)16-11-12-18-17(13-16)15-9-5-2-6-10-15;;/h1-9,11-20H;2*3-11,13-16H,1-2H3;2*1-9,11-16H;1-9,11-13H;;/q6*-1;2*+3. The first kappa shape index (κ1) is 99.3. The molecule has 708 valence electrons. The van der Waals surface area contributed by atoms with E-state index in [2.05, 4.69) is 386 Å². The number of rotatable bonds is 17. The Morgan fingerprint density at radius 1 is 0.218 bits per heavy atom. The average Bonchev–Trinajstić information content (AvgIpc) is 1.58.